The van der Waals surface area contributed by atoms with E-state index in [1.54, 1.807) is 0 Å². The molecule has 0 fully saturated rings. The molecule has 0 amide bonds. The predicted molar refractivity (Wildman–Crippen MR) is 86.6 cm³/mol. The average molecular weight is 289 g/mol. The smallest absolute Gasteiger partial charge is 0.137 e. The van der Waals surface area contributed by atoms with Crippen molar-refractivity contribution < 1.29 is 4.74 Å². The third kappa shape index (κ3) is 4.01. The highest BCUT2D eigenvalue weighted by atomic mass is 35.5. The van der Waals surface area contributed by atoms with E-state index in [1.165, 1.54) is 24.0 Å². The number of unbranched alkanes of at least 4 members (excludes halogenated alkanes) is 2. The zero-order chi connectivity index (χ0) is 14.4. The Kier molecular flexibility index (Phi) is 5.49. The van der Waals surface area contributed by atoms with Crippen LogP contribution in [0.5, 0.6) is 5.75 Å². The summed E-state index contributed by atoms with van der Waals surface area (Å²) in [6.07, 6.45) is 3.47. The van der Waals surface area contributed by atoms with Gasteiger partial charge >= 0.3 is 0 Å². The topological polar surface area (TPSA) is 9.23 Å². The van der Waals surface area contributed by atoms with Gasteiger partial charge in [-0.1, -0.05) is 67.3 Å². The fourth-order valence-corrected chi connectivity index (χ4v) is 2.31. The number of rotatable bonds is 6. The fraction of sp³-hybridized carbons (Fsp3) is 0.333. The maximum Gasteiger partial charge on any atom is 0.137 e. The van der Waals surface area contributed by atoms with Crippen molar-refractivity contribution in [2.45, 2.75) is 33.1 Å². The van der Waals surface area contributed by atoms with Crippen LogP contribution in [0.4, 0.5) is 0 Å². The Hall–Kier alpha value is -1.47. The van der Waals surface area contributed by atoms with Gasteiger partial charge in [0.05, 0.1) is 11.6 Å². The zero-order valence-electron chi connectivity index (χ0n) is 12.2. The van der Waals surface area contributed by atoms with Crippen LogP contribution in [-0.4, -0.2) is 6.61 Å². The molecule has 0 heterocycles. The lowest BCUT2D eigenvalue weighted by molar-refractivity contribution is 0.306. The van der Waals surface area contributed by atoms with Gasteiger partial charge in [0.25, 0.3) is 0 Å². The molecule has 0 saturated heterocycles. The Morgan fingerprint density at radius 2 is 1.65 bits per heavy atom. The summed E-state index contributed by atoms with van der Waals surface area (Å²) in [6, 6.07) is 14.4. The maximum absolute atomic E-state index is 6.30. The minimum Gasteiger partial charge on any atom is -0.492 e. The number of hydrogen-bond donors (Lipinski definition) is 0. The van der Waals surface area contributed by atoms with Crippen molar-refractivity contribution in [1.29, 1.82) is 0 Å². The van der Waals surface area contributed by atoms with E-state index in [0.29, 0.717) is 5.02 Å². The number of aryl methyl sites for hydroxylation is 1. The Morgan fingerprint density at radius 1 is 0.950 bits per heavy atom. The van der Waals surface area contributed by atoms with Gasteiger partial charge in [-0.3, -0.25) is 0 Å². The van der Waals surface area contributed by atoms with Crippen LogP contribution in [0, 0.1) is 6.92 Å². The van der Waals surface area contributed by atoms with Gasteiger partial charge in [0.15, 0.2) is 0 Å². The molecule has 2 aromatic rings. The van der Waals surface area contributed by atoms with Crippen LogP contribution in [0.25, 0.3) is 11.1 Å². The van der Waals surface area contributed by atoms with Gasteiger partial charge in [-0.05, 0) is 36.6 Å². The third-order valence-corrected chi connectivity index (χ3v) is 3.62. The highest BCUT2D eigenvalue weighted by Gasteiger charge is 2.04. The monoisotopic (exact) mass is 288 g/mol. The van der Waals surface area contributed by atoms with Crippen molar-refractivity contribution in [3.05, 3.63) is 53.1 Å². The van der Waals surface area contributed by atoms with Gasteiger partial charge in [-0.2, -0.15) is 0 Å². The quantitative estimate of drug-likeness (QED) is 0.603. The van der Waals surface area contributed by atoms with Gasteiger partial charge in [0.2, 0.25) is 0 Å². The van der Waals surface area contributed by atoms with Crippen LogP contribution in [0.1, 0.15) is 31.7 Å². The Balaban J connectivity index is 2.07. The van der Waals surface area contributed by atoms with Gasteiger partial charge in [0.1, 0.15) is 5.75 Å². The highest BCUT2D eigenvalue weighted by Crippen LogP contribution is 2.30. The summed E-state index contributed by atoms with van der Waals surface area (Å²) in [5, 5.41) is 0.680. The first-order valence-electron chi connectivity index (χ1n) is 7.20. The lowest BCUT2D eigenvalue weighted by Gasteiger charge is -2.09. The number of ether oxygens (including phenoxy) is 1. The third-order valence-electron chi connectivity index (χ3n) is 3.32. The van der Waals surface area contributed by atoms with Crippen molar-refractivity contribution in [2.75, 3.05) is 6.61 Å². The molecule has 20 heavy (non-hydrogen) atoms. The molecule has 0 bridgehead atoms. The fourth-order valence-electron chi connectivity index (χ4n) is 2.08. The first kappa shape index (κ1) is 14.9. The number of benzene rings is 2. The van der Waals surface area contributed by atoms with E-state index >= 15 is 0 Å². The van der Waals surface area contributed by atoms with Crippen molar-refractivity contribution >= 4 is 11.6 Å². The molecule has 0 spiro atoms. The molecule has 106 valence electrons. The molecule has 0 aliphatic rings. The summed E-state index contributed by atoms with van der Waals surface area (Å²) in [4.78, 5) is 0. The molecule has 2 heteroatoms. The molecular formula is C18H21ClO. The summed E-state index contributed by atoms with van der Waals surface area (Å²) < 4.78 is 5.72. The summed E-state index contributed by atoms with van der Waals surface area (Å²) in [5.41, 5.74) is 3.56. The Bertz CT molecular complexity index is 546. The van der Waals surface area contributed by atoms with Crippen molar-refractivity contribution in [3.8, 4) is 16.9 Å². The molecule has 0 N–H and O–H groups in total. The Labute approximate surface area is 126 Å². The maximum atomic E-state index is 6.30. The first-order chi connectivity index (χ1) is 9.70. The number of halogens is 1. The summed E-state index contributed by atoms with van der Waals surface area (Å²) in [5.74, 6) is 0.777. The molecule has 0 radical (unpaired) electrons. The first-order valence-corrected chi connectivity index (χ1v) is 7.58. The molecule has 0 aliphatic heterocycles. The minimum atomic E-state index is 0.680. The van der Waals surface area contributed by atoms with Crippen molar-refractivity contribution in [3.63, 3.8) is 0 Å². The lowest BCUT2D eigenvalue weighted by Crippen LogP contribution is -1.97. The normalized spacial score (nSPS) is 10.6. The van der Waals surface area contributed by atoms with Crippen LogP contribution in [-0.2, 0) is 0 Å². The standard InChI is InChI=1S/C18H21ClO/c1-3-4-5-12-20-18-11-10-16(13-17(18)19)15-8-6-14(2)7-9-15/h6-11,13H,3-5,12H2,1-2H3. The van der Waals surface area contributed by atoms with E-state index in [0.717, 1.165) is 24.3 Å². The average Bonchev–Trinajstić information content (AvgIpc) is 2.46. The molecule has 0 aromatic heterocycles. The molecule has 2 rings (SSSR count). The van der Waals surface area contributed by atoms with Gasteiger partial charge in [-0.25, -0.2) is 0 Å². The van der Waals surface area contributed by atoms with Crippen LogP contribution in [0.15, 0.2) is 42.5 Å². The highest BCUT2D eigenvalue weighted by molar-refractivity contribution is 6.32. The van der Waals surface area contributed by atoms with Gasteiger partial charge < -0.3 is 4.74 Å². The van der Waals surface area contributed by atoms with Crippen LogP contribution >= 0.6 is 11.6 Å². The zero-order valence-corrected chi connectivity index (χ0v) is 12.9. The SMILES string of the molecule is CCCCCOc1ccc(-c2ccc(C)cc2)cc1Cl. The van der Waals surface area contributed by atoms with E-state index < -0.39 is 0 Å². The summed E-state index contributed by atoms with van der Waals surface area (Å²) in [6.45, 7) is 5.00. The predicted octanol–water partition coefficient (Wildman–Crippen LogP) is 5.88. The number of hydrogen-bond acceptors (Lipinski definition) is 1. The van der Waals surface area contributed by atoms with Gasteiger partial charge in [-0.15, -0.1) is 0 Å². The van der Waals surface area contributed by atoms with E-state index in [-0.39, 0.29) is 0 Å². The molecule has 0 unspecified atom stereocenters. The van der Waals surface area contributed by atoms with Crippen LogP contribution in [0.2, 0.25) is 5.02 Å². The van der Waals surface area contributed by atoms with Gasteiger partial charge in [0, 0.05) is 0 Å². The molecule has 0 saturated carbocycles. The van der Waals surface area contributed by atoms with E-state index in [2.05, 4.69) is 44.2 Å². The minimum absolute atomic E-state index is 0.680. The van der Waals surface area contributed by atoms with E-state index in [4.69, 9.17) is 16.3 Å². The van der Waals surface area contributed by atoms with E-state index in [1.807, 2.05) is 12.1 Å². The Morgan fingerprint density at radius 3 is 2.30 bits per heavy atom. The largest absolute Gasteiger partial charge is 0.492 e. The molecular weight excluding hydrogens is 268 g/mol. The molecule has 0 aliphatic carbocycles. The van der Waals surface area contributed by atoms with E-state index in [9.17, 15) is 0 Å². The lowest BCUT2D eigenvalue weighted by atomic mass is 10.0. The second-order valence-electron chi connectivity index (χ2n) is 5.07. The second kappa shape index (κ2) is 7.35. The molecule has 0 atom stereocenters. The second-order valence-corrected chi connectivity index (χ2v) is 5.47. The summed E-state index contributed by atoms with van der Waals surface area (Å²) in [7, 11) is 0. The summed E-state index contributed by atoms with van der Waals surface area (Å²) >= 11 is 6.30. The van der Waals surface area contributed by atoms with Crippen LogP contribution in [0.3, 0.4) is 0 Å². The van der Waals surface area contributed by atoms with Crippen LogP contribution < -0.4 is 4.74 Å². The van der Waals surface area contributed by atoms with Crippen molar-refractivity contribution in [2.24, 2.45) is 0 Å². The molecule has 2 aromatic carbocycles. The molecule has 1 nitrogen and oxygen atoms in total. The van der Waals surface area contributed by atoms with Crippen molar-refractivity contribution in [1.82, 2.24) is 0 Å².